The van der Waals surface area contributed by atoms with Crippen molar-refractivity contribution in [2.45, 2.75) is 6.54 Å². The molecule has 0 fully saturated rings. The Labute approximate surface area is 119 Å². The first-order chi connectivity index (χ1) is 9.06. The van der Waals surface area contributed by atoms with Gasteiger partial charge < -0.3 is 10.2 Å². The number of benzene rings is 1. The van der Waals surface area contributed by atoms with E-state index in [1.807, 2.05) is 0 Å². The van der Waals surface area contributed by atoms with E-state index < -0.39 is 0 Å². The monoisotopic (exact) mass is 299 g/mol. The number of nitrogens with zero attached hydrogens (tertiary/aromatic N) is 3. The number of halogens is 2. The maximum absolute atomic E-state index is 12.0. The molecule has 1 aromatic heterocycles. The zero-order chi connectivity index (χ0) is 13.8. The summed E-state index contributed by atoms with van der Waals surface area (Å²) in [4.78, 5) is 17.3. The summed E-state index contributed by atoms with van der Waals surface area (Å²) < 4.78 is 0. The Morgan fingerprint density at radius 1 is 1.47 bits per heavy atom. The molecule has 2 aromatic rings. The lowest BCUT2D eigenvalue weighted by Gasteiger charge is -2.17. The second kappa shape index (κ2) is 5.90. The number of carbonyl (C=O) groups excluding carboxylic acids is 1. The van der Waals surface area contributed by atoms with Gasteiger partial charge in [0.25, 0.3) is 0 Å². The molecule has 100 valence electrons. The van der Waals surface area contributed by atoms with Gasteiger partial charge in [0.2, 0.25) is 0 Å². The van der Waals surface area contributed by atoms with Crippen LogP contribution in [0.2, 0.25) is 10.0 Å². The highest BCUT2D eigenvalue weighted by Gasteiger charge is 2.12. The van der Waals surface area contributed by atoms with Crippen molar-refractivity contribution in [3.63, 3.8) is 0 Å². The molecule has 1 heterocycles. The van der Waals surface area contributed by atoms with E-state index in [9.17, 15) is 4.79 Å². The second-order valence-corrected chi connectivity index (χ2v) is 4.69. The number of carbonyl (C=O) groups is 1. The number of rotatable bonds is 3. The molecule has 6 nitrogen and oxygen atoms in total. The number of urea groups is 1. The van der Waals surface area contributed by atoms with Crippen molar-refractivity contribution < 1.29 is 4.79 Å². The summed E-state index contributed by atoms with van der Waals surface area (Å²) in [5.74, 6) is 0.592. The summed E-state index contributed by atoms with van der Waals surface area (Å²) in [5.41, 5.74) is 0.462. The van der Waals surface area contributed by atoms with E-state index in [0.29, 0.717) is 28.1 Å². The van der Waals surface area contributed by atoms with Gasteiger partial charge in [-0.2, -0.15) is 5.10 Å². The first kappa shape index (κ1) is 13.6. The molecule has 0 aliphatic rings. The van der Waals surface area contributed by atoms with Crippen molar-refractivity contribution in [1.29, 1.82) is 0 Å². The normalized spacial score (nSPS) is 10.3. The van der Waals surface area contributed by atoms with Crippen LogP contribution in [-0.2, 0) is 6.54 Å². The van der Waals surface area contributed by atoms with Gasteiger partial charge in [0, 0.05) is 12.1 Å². The van der Waals surface area contributed by atoms with Gasteiger partial charge in [-0.3, -0.25) is 5.10 Å². The van der Waals surface area contributed by atoms with Crippen LogP contribution in [0.3, 0.4) is 0 Å². The van der Waals surface area contributed by atoms with Gasteiger partial charge in [0.05, 0.1) is 17.3 Å². The maximum atomic E-state index is 12.0. The standard InChI is InChI=1S/C11H11Cl2N5O/c1-18(5-10-14-6-15-17-10)11(19)16-9-4-7(12)2-3-8(9)13/h2-4,6H,5H2,1H3,(H,16,19)(H,14,15,17). The summed E-state index contributed by atoms with van der Waals surface area (Å²) in [6.45, 7) is 0.310. The van der Waals surface area contributed by atoms with Gasteiger partial charge in [-0.1, -0.05) is 23.2 Å². The van der Waals surface area contributed by atoms with Gasteiger partial charge in [-0.25, -0.2) is 9.78 Å². The molecule has 0 radical (unpaired) electrons. The van der Waals surface area contributed by atoms with Crippen LogP contribution in [-0.4, -0.2) is 33.2 Å². The molecule has 2 N–H and O–H groups in total. The quantitative estimate of drug-likeness (QED) is 0.915. The lowest BCUT2D eigenvalue weighted by molar-refractivity contribution is 0.219. The fourth-order valence-electron chi connectivity index (χ4n) is 1.41. The molecular weight excluding hydrogens is 289 g/mol. The van der Waals surface area contributed by atoms with Crippen molar-refractivity contribution in [3.8, 4) is 0 Å². The van der Waals surface area contributed by atoms with Crippen molar-refractivity contribution in [3.05, 3.63) is 40.4 Å². The van der Waals surface area contributed by atoms with Gasteiger partial charge in [-0.05, 0) is 18.2 Å². The first-order valence-corrected chi connectivity index (χ1v) is 6.13. The van der Waals surface area contributed by atoms with Crippen LogP contribution < -0.4 is 5.32 Å². The highest BCUT2D eigenvalue weighted by atomic mass is 35.5. The summed E-state index contributed by atoms with van der Waals surface area (Å²) in [7, 11) is 1.64. The SMILES string of the molecule is CN(Cc1ncn[nH]1)C(=O)Nc1cc(Cl)ccc1Cl. The Morgan fingerprint density at radius 2 is 2.26 bits per heavy atom. The summed E-state index contributed by atoms with van der Waals surface area (Å²) in [5, 5.41) is 9.98. The van der Waals surface area contributed by atoms with E-state index in [2.05, 4.69) is 20.5 Å². The second-order valence-electron chi connectivity index (χ2n) is 3.84. The lowest BCUT2D eigenvalue weighted by atomic mass is 10.3. The fraction of sp³-hybridized carbons (Fsp3) is 0.182. The maximum Gasteiger partial charge on any atom is 0.322 e. The summed E-state index contributed by atoms with van der Waals surface area (Å²) >= 11 is 11.8. The first-order valence-electron chi connectivity index (χ1n) is 5.37. The molecule has 0 saturated heterocycles. The number of H-pyrrole nitrogens is 1. The number of aromatic amines is 1. The number of amides is 2. The predicted molar refractivity (Wildman–Crippen MR) is 73.3 cm³/mol. The van der Waals surface area contributed by atoms with Crippen molar-refractivity contribution in [2.75, 3.05) is 12.4 Å². The molecule has 0 atom stereocenters. The Hall–Kier alpha value is -1.79. The molecule has 0 aliphatic heterocycles. The molecule has 0 saturated carbocycles. The van der Waals surface area contributed by atoms with Gasteiger partial charge >= 0.3 is 6.03 Å². The fourth-order valence-corrected chi connectivity index (χ4v) is 1.74. The van der Waals surface area contributed by atoms with E-state index in [-0.39, 0.29) is 6.03 Å². The van der Waals surface area contributed by atoms with E-state index in [4.69, 9.17) is 23.2 Å². The van der Waals surface area contributed by atoms with Crippen LogP contribution in [0.5, 0.6) is 0 Å². The molecule has 1 aromatic carbocycles. The minimum absolute atomic E-state index is 0.310. The third-order valence-electron chi connectivity index (χ3n) is 2.37. The molecule has 19 heavy (non-hydrogen) atoms. The van der Waals surface area contributed by atoms with Crippen LogP contribution in [0.25, 0.3) is 0 Å². The average Bonchev–Trinajstić information content (AvgIpc) is 2.86. The van der Waals surface area contributed by atoms with Crippen LogP contribution in [0.15, 0.2) is 24.5 Å². The van der Waals surface area contributed by atoms with Gasteiger partial charge in [0.15, 0.2) is 0 Å². The van der Waals surface area contributed by atoms with E-state index in [1.54, 1.807) is 25.2 Å². The molecule has 0 bridgehead atoms. The Kier molecular flexibility index (Phi) is 4.24. The third kappa shape index (κ3) is 3.59. The summed E-state index contributed by atoms with van der Waals surface area (Å²) in [6.07, 6.45) is 1.38. The number of aromatic nitrogens is 3. The van der Waals surface area contributed by atoms with Gasteiger partial charge in [-0.15, -0.1) is 0 Å². The highest BCUT2D eigenvalue weighted by Crippen LogP contribution is 2.25. The van der Waals surface area contributed by atoms with Crippen LogP contribution >= 0.6 is 23.2 Å². The molecular formula is C11H11Cl2N5O. The molecule has 2 amide bonds. The smallest absolute Gasteiger partial charge is 0.320 e. The Balaban J connectivity index is 2.02. The number of anilines is 1. The topological polar surface area (TPSA) is 73.9 Å². The summed E-state index contributed by atoms with van der Waals surface area (Å²) in [6, 6.07) is 4.54. The minimum atomic E-state index is -0.319. The average molecular weight is 300 g/mol. The van der Waals surface area contributed by atoms with Crippen molar-refractivity contribution in [2.24, 2.45) is 0 Å². The van der Waals surface area contributed by atoms with Crippen molar-refractivity contribution >= 4 is 34.9 Å². The van der Waals surface area contributed by atoms with Gasteiger partial charge in [0.1, 0.15) is 12.2 Å². The van der Waals surface area contributed by atoms with E-state index >= 15 is 0 Å². The number of hydrogen-bond donors (Lipinski definition) is 2. The minimum Gasteiger partial charge on any atom is -0.320 e. The van der Waals surface area contributed by atoms with Crippen molar-refractivity contribution in [1.82, 2.24) is 20.1 Å². The molecule has 0 unspecified atom stereocenters. The lowest BCUT2D eigenvalue weighted by Crippen LogP contribution is -2.31. The zero-order valence-electron chi connectivity index (χ0n) is 10.0. The van der Waals surface area contributed by atoms with Crippen LogP contribution in [0, 0.1) is 0 Å². The molecule has 0 spiro atoms. The zero-order valence-corrected chi connectivity index (χ0v) is 11.5. The molecule has 8 heteroatoms. The predicted octanol–water partition coefficient (Wildman–Crippen LogP) is 2.78. The number of hydrogen-bond acceptors (Lipinski definition) is 3. The largest absolute Gasteiger partial charge is 0.322 e. The number of nitrogens with one attached hydrogen (secondary N) is 2. The Morgan fingerprint density at radius 3 is 2.95 bits per heavy atom. The third-order valence-corrected chi connectivity index (χ3v) is 2.93. The van der Waals surface area contributed by atoms with E-state index in [1.165, 1.54) is 11.2 Å². The van der Waals surface area contributed by atoms with Crippen LogP contribution in [0.4, 0.5) is 10.5 Å². The Bertz CT molecular complexity index is 572. The molecule has 0 aliphatic carbocycles. The van der Waals surface area contributed by atoms with Crippen LogP contribution in [0.1, 0.15) is 5.82 Å². The van der Waals surface area contributed by atoms with E-state index in [0.717, 1.165) is 0 Å². The highest BCUT2D eigenvalue weighted by molar-refractivity contribution is 6.35. The molecule has 2 rings (SSSR count).